The van der Waals surface area contributed by atoms with Crippen molar-refractivity contribution in [3.63, 3.8) is 0 Å². The summed E-state index contributed by atoms with van der Waals surface area (Å²) in [6.45, 7) is 0.518. The van der Waals surface area contributed by atoms with Gasteiger partial charge in [-0.05, 0) is 30.2 Å². The smallest absolute Gasteiger partial charge is 0.269 e. The number of aromatic nitrogens is 2. The molecule has 6 nitrogen and oxygen atoms in total. The van der Waals surface area contributed by atoms with Crippen LogP contribution in [0.5, 0.6) is 0 Å². The van der Waals surface area contributed by atoms with Crippen LogP contribution in [0.4, 0.5) is 15.9 Å². The Balaban J connectivity index is 1.73. The van der Waals surface area contributed by atoms with E-state index in [0.717, 1.165) is 5.56 Å². The van der Waals surface area contributed by atoms with E-state index < -0.39 is 4.92 Å². The summed E-state index contributed by atoms with van der Waals surface area (Å²) < 4.78 is 13.4. The Morgan fingerprint density at radius 3 is 2.87 bits per heavy atom. The molecule has 0 amide bonds. The molecule has 2 aromatic carbocycles. The highest BCUT2D eigenvalue weighted by Crippen LogP contribution is 2.20. The topological polar surface area (TPSA) is 81.0 Å². The first kappa shape index (κ1) is 14.8. The molecule has 7 heteroatoms. The van der Waals surface area contributed by atoms with Crippen LogP contribution >= 0.6 is 0 Å². The molecule has 0 saturated carbocycles. The maximum atomic E-state index is 13.4. The van der Waals surface area contributed by atoms with Crippen molar-refractivity contribution < 1.29 is 9.31 Å². The van der Waals surface area contributed by atoms with Crippen LogP contribution in [0.15, 0.2) is 48.8 Å². The number of nitrogens with zero attached hydrogens (tertiary/aromatic N) is 3. The summed E-state index contributed by atoms with van der Waals surface area (Å²) in [7, 11) is 0. The number of non-ortho nitro benzene ring substituents is 1. The molecule has 3 rings (SSSR count). The number of hydrogen-bond donors (Lipinski definition) is 1. The van der Waals surface area contributed by atoms with Gasteiger partial charge >= 0.3 is 0 Å². The Morgan fingerprint density at radius 1 is 1.17 bits per heavy atom. The van der Waals surface area contributed by atoms with Gasteiger partial charge in [0.2, 0.25) is 0 Å². The molecular weight excluding hydrogens is 299 g/mol. The molecule has 116 valence electrons. The Morgan fingerprint density at radius 2 is 2.04 bits per heavy atom. The minimum absolute atomic E-state index is 0.0667. The van der Waals surface area contributed by atoms with Crippen molar-refractivity contribution >= 4 is 22.4 Å². The molecule has 0 spiro atoms. The van der Waals surface area contributed by atoms with Crippen LogP contribution in [0.2, 0.25) is 0 Å². The minimum Gasteiger partial charge on any atom is -0.369 e. The van der Waals surface area contributed by atoms with Gasteiger partial charge in [0.15, 0.2) is 0 Å². The van der Waals surface area contributed by atoms with E-state index in [-0.39, 0.29) is 11.5 Å². The van der Waals surface area contributed by atoms with Gasteiger partial charge in [-0.25, -0.2) is 14.4 Å². The maximum Gasteiger partial charge on any atom is 0.269 e. The van der Waals surface area contributed by atoms with Gasteiger partial charge in [-0.15, -0.1) is 0 Å². The zero-order chi connectivity index (χ0) is 16.2. The fourth-order valence-electron chi connectivity index (χ4n) is 2.32. The van der Waals surface area contributed by atoms with Gasteiger partial charge in [0.05, 0.1) is 10.4 Å². The van der Waals surface area contributed by atoms with Crippen LogP contribution in [0.3, 0.4) is 0 Å². The number of rotatable bonds is 5. The molecule has 0 saturated heterocycles. The standard InChI is InChI=1S/C16H13FN4O2/c17-12-4-5-15-14(9-12)16(20-10-19-15)18-7-6-11-2-1-3-13(8-11)21(22)23/h1-5,8-10H,6-7H2,(H,18,19,20). The normalized spacial score (nSPS) is 10.7. The predicted molar refractivity (Wildman–Crippen MR) is 84.8 cm³/mol. The van der Waals surface area contributed by atoms with Gasteiger partial charge in [-0.2, -0.15) is 0 Å². The predicted octanol–water partition coefficient (Wildman–Crippen LogP) is 3.33. The maximum absolute atomic E-state index is 13.4. The molecule has 3 aromatic rings. The highest BCUT2D eigenvalue weighted by atomic mass is 19.1. The SMILES string of the molecule is O=[N+]([O-])c1cccc(CCNc2ncnc3ccc(F)cc23)c1. The molecule has 0 unspecified atom stereocenters. The van der Waals surface area contributed by atoms with E-state index in [1.807, 2.05) is 6.07 Å². The second-order valence-electron chi connectivity index (χ2n) is 4.99. The van der Waals surface area contributed by atoms with Crippen LogP contribution < -0.4 is 5.32 Å². The van der Waals surface area contributed by atoms with Gasteiger partial charge in [0, 0.05) is 24.1 Å². The first-order valence-corrected chi connectivity index (χ1v) is 7.01. The van der Waals surface area contributed by atoms with Crippen LogP contribution in [0.1, 0.15) is 5.56 Å². The summed E-state index contributed by atoms with van der Waals surface area (Å²) in [5.41, 5.74) is 1.56. The lowest BCUT2D eigenvalue weighted by Crippen LogP contribution is -2.07. The number of nitrogens with one attached hydrogen (secondary N) is 1. The number of hydrogen-bond acceptors (Lipinski definition) is 5. The number of halogens is 1. The Bertz CT molecular complexity index is 870. The van der Waals surface area contributed by atoms with Crippen molar-refractivity contribution in [2.45, 2.75) is 6.42 Å². The zero-order valence-electron chi connectivity index (χ0n) is 12.1. The van der Waals surface area contributed by atoms with Crippen LogP contribution in [-0.4, -0.2) is 21.4 Å². The molecule has 0 bridgehead atoms. The number of anilines is 1. The first-order valence-electron chi connectivity index (χ1n) is 7.01. The first-order chi connectivity index (χ1) is 11.1. The lowest BCUT2D eigenvalue weighted by Gasteiger charge is -2.08. The van der Waals surface area contributed by atoms with Crippen LogP contribution in [0, 0.1) is 15.9 Å². The van der Waals surface area contributed by atoms with Crippen LogP contribution in [-0.2, 0) is 6.42 Å². The Kier molecular flexibility index (Phi) is 4.09. The van der Waals surface area contributed by atoms with Gasteiger partial charge in [0.1, 0.15) is 18.0 Å². The minimum atomic E-state index is -0.419. The Hall–Kier alpha value is -3.09. The third-order valence-electron chi connectivity index (χ3n) is 3.42. The molecule has 0 aliphatic rings. The van der Waals surface area contributed by atoms with Crippen molar-refractivity contribution in [2.24, 2.45) is 0 Å². The summed E-state index contributed by atoms with van der Waals surface area (Å²) in [5.74, 6) is 0.189. The van der Waals surface area contributed by atoms with E-state index in [2.05, 4.69) is 15.3 Å². The highest BCUT2D eigenvalue weighted by Gasteiger charge is 2.07. The summed E-state index contributed by atoms with van der Waals surface area (Å²) >= 11 is 0. The highest BCUT2D eigenvalue weighted by molar-refractivity contribution is 5.88. The van der Waals surface area contributed by atoms with E-state index >= 15 is 0 Å². The van der Waals surface area contributed by atoms with Gasteiger partial charge in [0.25, 0.3) is 5.69 Å². The summed E-state index contributed by atoms with van der Waals surface area (Å²) in [5, 5.41) is 14.5. The number of benzene rings is 2. The third-order valence-corrected chi connectivity index (χ3v) is 3.42. The molecule has 0 aliphatic carbocycles. The molecule has 0 radical (unpaired) electrons. The van der Waals surface area contributed by atoms with E-state index in [0.29, 0.717) is 29.7 Å². The van der Waals surface area contributed by atoms with Crippen molar-refractivity contribution in [2.75, 3.05) is 11.9 Å². The molecular formula is C16H13FN4O2. The summed E-state index contributed by atoms with van der Waals surface area (Å²) in [6, 6.07) is 10.8. The summed E-state index contributed by atoms with van der Waals surface area (Å²) in [4.78, 5) is 18.6. The summed E-state index contributed by atoms with van der Waals surface area (Å²) in [6.07, 6.45) is 2.00. The van der Waals surface area contributed by atoms with E-state index in [1.54, 1.807) is 18.2 Å². The van der Waals surface area contributed by atoms with Crippen molar-refractivity contribution in [3.8, 4) is 0 Å². The third kappa shape index (κ3) is 3.39. The van der Waals surface area contributed by atoms with Gasteiger partial charge in [-0.3, -0.25) is 10.1 Å². The van der Waals surface area contributed by atoms with Crippen molar-refractivity contribution in [1.29, 1.82) is 0 Å². The van der Waals surface area contributed by atoms with Gasteiger partial charge in [-0.1, -0.05) is 12.1 Å². The van der Waals surface area contributed by atoms with E-state index in [4.69, 9.17) is 0 Å². The second kappa shape index (κ2) is 6.35. The molecule has 0 aliphatic heterocycles. The number of nitro groups is 1. The average Bonchev–Trinajstić information content (AvgIpc) is 2.55. The quantitative estimate of drug-likeness (QED) is 0.577. The Labute approximate surface area is 131 Å². The zero-order valence-corrected chi connectivity index (χ0v) is 12.1. The average molecular weight is 312 g/mol. The lowest BCUT2D eigenvalue weighted by atomic mass is 10.1. The van der Waals surface area contributed by atoms with E-state index in [1.165, 1.54) is 24.5 Å². The second-order valence-corrected chi connectivity index (χ2v) is 4.99. The van der Waals surface area contributed by atoms with Gasteiger partial charge < -0.3 is 5.32 Å². The number of fused-ring (bicyclic) bond motifs is 1. The fourth-order valence-corrected chi connectivity index (χ4v) is 2.32. The van der Waals surface area contributed by atoms with Crippen LogP contribution in [0.25, 0.3) is 10.9 Å². The molecule has 0 atom stereocenters. The molecule has 23 heavy (non-hydrogen) atoms. The lowest BCUT2D eigenvalue weighted by molar-refractivity contribution is -0.384. The van der Waals surface area contributed by atoms with Crippen molar-refractivity contribution in [3.05, 3.63) is 70.3 Å². The van der Waals surface area contributed by atoms with Crippen molar-refractivity contribution in [1.82, 2.24) is 9.97 Å². The monoisotopic (exact) mass is 312 g/mol. The largest absolute Gasteiger partial charge is 0.369 e. The molecule has 1 aromatic heterocycles. The number of nitro benzene ring substituents is 1. The molecule has 1 heterocycles. The van der Waals surface area contributed by atoms with E-state index in [9.17, 15) is 14.5 Å². The molecule has 0 fully saturated rings. The molecule has 1 N–H and O–H groups in total. The fraction of sp³-hybridized carbons (Fsp3) is 0.125.